The molecule has 0 radical (unpaired) electrons. The Morgan fingerprint density at radius 2 is 1.70 bits per heavy atom. The molecule has 2 aromatic rings. The summed E-state index contributed by atoms with van der Waals surface area (Å²) in [5.41, 5.74) is 1.38. The molecule has 1 N–H and O–H groups in total. The van der Waals surface area contributed by atoms with Crippen LogP contribution < -0.4 is 14.4 Å². The van der Waals surface area contributed by atoms with Gasteiger partial charge in [0.1, 0.15) is 10.6 Å². The Morgan fingerprint density at radius 1 is 1.03 bits per heavy atom. The monoisotopic (exact) mass is 515 g/mol. The average Bonchev–Trinajstić information content (AvgIpc) is 2.75. The van der Waals surface area contributed by atoms with Crippen molar-refractivity contribution in [3.05, 3.63) is 52.0 Å². The Morgan fingerprint density at radius 3 is 2.24 bits per heavy atom. The van der Waals surface area contributed by atoms with Crippen molar-refractivity contribution in [2.24, 2.45) is 0 Å². The zero-order valence-electron chi connectivity index (χ0n) is 19.6. The summed E-state index contributed by atoms with van der Waals surface area (Å²) in [6.45, 7) is 11.8. The number of hydrogen-bond acceptors (Lipinski definition) is 5. The van der Waals surface area contributed by atoms with Gasteiger partial charge in [-0.15, -0.1) is 0 Å². The van der Waals surface area contributed by atoms with Crippen LogP contribution in [0.3, 0.4) is 0 Å². The normalized spacial score (nSPS) is 11.4. The van der Waals surface area contributed by atoms with Gasteiger partial charge in [-0.1, -0.05) is 29.3 Å². The van der Waals surface area contributed by atoms with Crippen molar-refractivity contribution >= 4 is 45.0 Å². The molecule has 0 unspecified atom stereocenters. The number of anilines is 1. The van der Waals surface area contributed by atoms with E-state index in [1.807, 2.05) is 40.7 Å². The van der Waals surface area contributed by atoms with Crippen molar-refractivity contribution in [1.82, 2.24) is 10.2 Å². The molecule has 7 nitrogen and oxygen atoms in total. The second-order valence-corrected chi connectivity index (χ2v) is 10.00. The number of urea groups is 1. The summed E-state index contributed by atoms with van der Waals surface area (Å²) < 4.78 is 31.7. The van der Waals surface area contributed by atoms with E-state index >= 15 is 0 Å². The van der Waals surface area contributed by atoms with Crippen LogP contribution >= 0.6 is 23.2 Å². The van der Waals surface area contributed by atoms with Crippen LogP contribution in [0, 0.1) is 0 Å². The first-order chi connectivity index (χ1) is 15.5. The summed E-state index contributed by atoms with van der Waals surface area (Å²) in [7, 11) is -4.20. The average molecular weight is 516 g/mol. The predicted octanol–water partition coefficient (Wildman–Crippen LogP) is 5.55. The maximum atomic E-state index is 13.1. The summed E-state index contributed by atoms with van der Waals surface area (Å²) in [5.74, 6) is 0.153. The first-order valence-corrected chi connectivity index (χ1v) is 13.0. The Labute approximate surface area is 206 Å². The van der Waals surface area contributed by atoms with Crippen LogP contribution in [0.2, 0.25) is 10.0 Å². The summed E-state index contributed by atoms with van der Waals surface area (Å²) in [6.07, 6.45) is 0. The number of nitrogens with one attached hydrogen (secondary N) is 1. The van der Waals surface area contributed by atoms with Gasteiger partial charge in [0.2, 0.25) is 0 Å². The maximum absolute atomic E-state index is 13.1. The van der Waals surface area contributed by atoms with Crippen molar-refractivity contribution in [2.45, 2.75) is 52.1 Å². The molecule has 2 aromatic carbocycles. The Balaban J connectivity index is 2.52. The molecule has 0 heterocycles. The predicted molar refractivity (Wildman–Crippen MR) is 134 cm³/mol. The fraction of sp³-hybridized carbons (Fsp3) is 0.435. The highest BCUT2D eigenvalue weighted by Gasteiger charge is 2.24. The number of benzene rings is 2. The van der Waals surface area contributed by atoms with Crippen molar-refractivity contribution < 1.29 is 17.4 Å². The zero-order valence-corrected chi connectivity index (χ0v) is 21.9. The second kappa shape index (κ2) is 11.8. The topological polar surface area (TPSA) is 79.0 Å². The van der Waals surface area contributed by atoms with Crippen LogP contribution in [0.5, 0.6) is 5.75 Å². The van der Waals surface area contributed by atoms with E-state index in [2.05, 4.69) is 10.2 Å². The fourth-order valence-corrected chi connectivity index (χ4v) is 4.61. The lowest BCUT2D eigenvalue weighted by Gasteiger charge is -2.28. The highest BCUT2D eigenvalue weighted by atomic mass is 35.5. The summed E-state index contributed by atoms with van der Waals surface area (Å²) in [6, 6.07) is 9.03. The third-order valence-corrected chi connectivity index (χ3v) is 7.08. The largest absolute Gasteiger partial charge is 0.379 e. The molecule has 0 spiro atoms. The number of hydrogen-bond donors (Lipinski definition) is 1. The molecule has 0 aliphatic heterocycles. The third-order valence-electron chi connectivity index (χ3n) is 5.11. The van der Waals surface area contributed by atoms with E-state index in [4.69, 9.17) is 27.4 Å². The van der Waals surface area contributed by atoms with Crippen LogP contribution in [0.1, 0.15) is 40.2 Å². The number of rotatable bonds is 10. The molecule has 0 aliphatic rings. The van der Waals surface area contributed by atoms with Gasteiger partial charge in [0, 0.05) is 43.0 Å². The molecule has 0 fully saturated rings. The van der Waals surface area contributed by atoms with Gasteiger partial charge < -0.3 is 19.3 Å². The van der Waals surface area contributed by atoms with E-state index in [1.165, 1.54) is 18.2 Å². The summed E-state index contributed by atoms with van der Waals surface area (Å²) in [5, 5.41) is 3.15. The molecule has 2 amide bonds. The summed E-state index contributed by atoms with van der Waals surface area (Å²) >= 11 is 11.9. The highest BCUT2D eigenvalue weighted by molar-refractivity contribution is 7.87. The quantitative estimate of drug-likeness (QED) is 0.419. The van der Waals surface area contributed by atoms with Gasteiger partial charge >= 0.3 is 16.1 Å². The Hall–Kier alpha value is -2.16. The molecular formula is C23H31Cl2N3O4S. The van der Waals surface area contributed by atoms with Gasteiger partial charge in [-0.2, -0.15) is 8.42 Å². The Kier molecular flexibility index (Phi) is 9.70. The molecular weight excluding hydrogens is 485 g/mol. The number of carbonyl (C=O) groups is 1. The minimum Gasteiger partial charge on any atom is -0.379 e. The second-order valence-electron chi connectivity index (χ2n) is 7.63. The van der Waals surface area contributed by atoms with Gasteiger partial charge in [-0.05, 0) is 58.9 Å². The smallest absolute Gasteiger partial charge is 0.339 e. The number of carbonyl (C=O) groups excluding carboxylic acids is 1. The number of halogens is 2. The minimum atomic E-state index is -4.20. The van der Waals surface area contributed by atoms with E-state index in [9.17, 15) is 13.2 Å². The zero-order chi connectivity index (χ0) is 24.8. The maximum Gasteiger partial charge on any atom is 0.339 e. The molecule has 10 heteroatoms. The lowest BCUT2D eigenvalue weighted by atomic mass is 10.1. The highest BCUT2D eigenvalue weighted by Crippen LogP contribution is 2.32. The molecule has 33 heavy (non-hydrogen) atoms. The summed E-state index contributed by atoms with van der Waals surface area (Å²) in [4.78, 5) is 16.1. The number of nitrogens with zero attached hydrogens (tertiary/aromatic N) is 2. The molecule has 182 valence electrons. The fourth-order valence-electron chi connectivity index (χ4n) is 3.26. The van der Waals surface area contributed by atoms with E-state index < -0.39 is 10.1 Å². The van der Waals surface area contributed by atoms with Gasteiger partial charge in [-0.3, -0.25) is 0 Å². The molecule has 0 saturated carbocycles. The molecule has 2 rings (SSSR count). The first-order valence-electron chi connectivity index (χ1n) is 10.9. The van der Waals surface area contributed by atoms with E-state index in [-0.39, 0.29) is 39.3 Å². The number of amides is 2. The van der Waals surface area contributed by atoms with Crippen LogP contribution in [-0.4, -0.2) is 45.0 Å². The van der Waals surface area contributed by atoms with Crippen LogP contribution in [0.15, 0.2) is 41.3 Å². The standard InChI is InChI=1S/C23H31Cl2N3O4S/c1-6-26-23(29)28(16(4)5)15-17-9-10-18(27(7-2)8-3)13-22(17)32-33(30,31)19-11-12-20(24)21(25)14-19/h9-14,16H,6-8,15H2,1-5H3,(H,26,29). The van der Waals surface area contributed by atoms with Crippen molar-refractivity contribution in [1.29, 1.82) is 0 Å². The third kappa shape index (κ3) is 6.91. The van der Waals surface area contributed by atoms with E-state index in [0.717, 1.165) is 18.8 Å². The lowest BCUT2D eigenvalue weighted by molar-refractivity contribution is 0.180. The van der Waals surface area contributed by atoms with E-state index in [1.54, 1.807) is 17.0 Å². The van der Waals surface area contributed by atoms with Crippen molar-refractivity contribution in [3.8, 4) is 5.75 Å². The Bertz CT molecular complexity index is 1070. The van der Waals surface area contributed by atoms with Gasteiger partial charge in [0.25, 0.3) is 0 Å². The van der Waals surface area contributed by atoms with Crippen LogP contribution in [0.4, 0.5) is 10.5 Å². The molecule has 0 saturated heterocycles. The van der Waals surface area contributed by atoms with E-state index in [0.29, 0.717) is 12.1 Å². The SMILES string of the molecule is CCNC(=O)N(Cc1ccc(N(CC)CC)cc1OS(=O)(=O)c1ccc(Cl)c(Cl)c1)C(C)C. The van der Waals surface area contributed by atoms with Gasteiger partial charge in [0.05, 0.1) is 16.6 Å². The minimum absolute atomic E-state index is 0.111. The molecule has 0 bridgehead atoms. The first kappa shape index (κ1) is 27.1. The molecule has 0 aromatic heterocycles. The van der Waals surface area contributed by atoms with Gasteiger partial charge in [0.15, 0.2) is 0 Å². The van der Waals surface area contributed by atoms with Crippen LogP contribution in [0.25, 0.3) is 0 Å². The van der Waals surface area contributed by atoms with Crippen molar-refractivity contribution in [3.63, 3.8) is 0 Å². The van der Waals surface area contributed by atoms with Gasteiger partial charge in [-0.25, -0.2) is 4.79 Å². The molecule has 0 atom stereocenters. The van der Waals surface area contributed by atoms with Crippen LogP contribution in [-0.2, 0) is 16.7 Å². The lowest BCUT2D eigenvalue weighted by Crippen LogP contribution is -2.43. The molecule has 0 aliphatic carbocycles. The van der Waals surface area contributed by atoms with Crippen molar-refractivity contribution in [2.75, 3.05) is 24.5 Å².